The minimum atomic E-state index is 0. The summed E-state index contributed by atoms with van der Waals surface area (Å²) in [5.41, 5.74) is 0.894. The monoisotopic (exact) mass is 429 g/mol. The van der Waals surface area contributed by atoms with Crippen molar-refractivity contribution in [1.82, 2.24) is 25.0 Å². The summed E-state index contributed by atoms with van der Waals surface area (Å²) in [7, 11) is 0. The third kappa shape index (κ3) is 4.40. The largest absolute Gasteiger partial charge is 0.342 e. The average molecular weight is 431 g/mol. The Morgan fingerprint density at radius 1 is 1.15 bits per heavy atom. The van der Waals surface area contributed by atoms with E-state index in [1.807, 2.05) is 11.0 Å². The molecule has 1 aromatic heterocycles. The summed E-state index contributed by atoms with van der Waals surface area (Å²) in [6.07, 6.45) is 2.21. The number of amides is 1. The summed E-state index contributed by atoms with van der Waals surface area (Å²) in [5, 5.41) is 13.0. The maximum absolute atomic E-state index is 12.6. The quantitative estimate of drug-likeness (QED) is 0.813. The zero-order chi connectivity index (χ0) is 18.1. The van der Waals surface area contributed by atoms with Crippen LogP contribution in [0.5, 0.6) is 0 Å². The Kier molecular flexibility index (Phi) is 6.63. The number of hydrogen-bond donors (Lipinski definition) is 1. The molecule has 1 aromatic carbocycles. The molecule has 1 saturated heterocycles. The number of nitrogens with one attached hydrogen (secondary N) is 1. The highest BCUT2D eigenvalue weighted by Crippen LogP contribution is 2.28. The lowest BCUT2D eigenvalue weighted by Crippen LogP contribution is -2.39. The molecule has 4 rings (SSSR count). The first-order valence-electron chi connectivity index (χ1n) is 8.96. The van der Waals surface area contributed by atoms with Gasteiger partial charge in [-0.15, -0.1) is 22.6 Å². The summed E-state index contributed by atoms with van der Waals surface area (Å²) >= 11 is 12.0. The number of aromatic nitrogens is 3. The average Bonchev–Trinajstić information content (AvgIpc) is 3.09. The molecule has 2 aliphatic heterocycles. The van der Waals surface area contributed by atoms with Crippen LogP contribution in [0.2, 0.25) is 10.0 Å². The number of halogens is 3. The van der Waals surface area contributed by atoms with Crippen molar-refractivity contribution in [1.29, 1.82) is 0 Å². The Balaban J connectivity index is 0.00000210. The Morgan fingerprint density at radius 2 is 1.93 bits per heavy atom. The Hall–Kier alpha value is -1.34. The fraction of sp³-hybridized carbons (Fsp3) is 0.500. The molecule has 0 aliphatic carbocycles. The number of nitrogens with zero attached hydrogens (tertiary/aromatic N) is 4. The number of rotatable bonds is 3. The van der Waals surface area contributed by atoms with Gasteiger partial charge >= 0.3 is 0 Å². The van der Waals surface area contributed by atoms with Gasteiger partial charge in [0.2, 0.25) is 5.91 Å². The Morgan fingerprint density at radius 3 is 2.67 bits per heavy atom. The van der Waals surface area contributed by atoms with Crippen LogP contribution in [-0.2, 0) is 24.3 Å². The number of benzene rings is 1. The minimum Gasteiger partial charge on any atom is -0.342 e. The van der Waals surface area contributed by atoms with Crippen molar-refractivity contribution in [3.05, 3.63) is 45.5 Å². The van der Waals surface area contributed by atoms with Gasteiger partial charge in [0.1, 0.15) is 11.6 Å². The van der Waals surface area contributed by atoms with E-state index in [1.165, 1.54) is 0 Å². The molecular formula is C18H22Cl3N5O. The highest BCUT2D eigenvalue weighted by Gasteiger charge is 2.28. The molecule has 2 aromatic rings. The van der Waals surface area contributed by atoms with Crippen molar-refractivity contribution in [3.63, 3.8) is 0 Å². The lowest BCUT2D eigenvalue weighted by atomic mass is 9.95. The zero-order valence-corrected chi connectivity index (χ0v) is 17.2. The first-order valence-corrected chi connectivity index (χ1v) is 9.72. The summed E-state index contributed by atoms with van der Waals surface area (Å²) < 4.78 is 2.24. The van der Waals surface area contributed by atoms with Gasteiger partial charge in [0.05, 0.1) is 23.0 Å². The molecule has 0 spiro atoms. The summed E-state index contributed by atoms with van der Waals surface area (Å²) in [5.74, 6) is 2.61. The molecule has 0 saturated carbocycles. The van der Waals surface area contributed by atoms with Crippen LogP contribution in [0.3, 0.4) is 0 Å². The molecule has 0 unspecified atom stereocenters. The third-order valence-electron chi connectivity index (χ3n) is 5.20. The molecule has 146 valence electrons. The van der Waals surface area contributed by atoms with Gasteiger partial charge in [0.15, 0.2) is 0 Å². The van der Waals surface area contributed by atoms with Crippen LogP contribution in [0.4, 0.5) is 0 Å². The molecule has 0 radical (unpaired) electrons. The second kappa shape index (κ2) is 8.78. The van der Waals surface area contributed by atoms with Crippen molar-refractivity contribution in [2.24, 2.45) is 0 Å². The van der Waals surface area contributed by atoms with Crippen LogP contribution in [0.25, 0.3) is 0 Å². The van der Waals surface area contributed by atoms with Gasteiger partial charge in [-0.25, -0.2) is 0 Å². The molecular weight excluding hydrogens is 409 g/mol. The highest BCUT2D eigenvalue weighted by molar-refractivity contribution is 6.42. The van der Waals surface area contributed by atoms with Crippen molar-refractivity contribution in [3.8, 4) is 0 Å². The van der Waals surface area contributed by atoms with Crippen molar-refractivity contribution >= 4 is 41.5 Å². The van der Waals surface area contributed by atoms with Crippen LogP contribution in [0.15, 0.2) is 18.2 Å². The SMILES string of the molecule is Cl.O=C(Cc1ccc(Cl)c(Cl)c1)N1CCC(c2nnc3n2CCNC3)CC1. The van der Waals surface area contributed by atoms with E-state index in [-0.39, 0.29) is 18.3 Å². The molecule has 0 atom stereocenters. The van der Waals surface area contributed by atoms with Gasteiger partial charge in [-0.2, -0.15) is 0 Å². The molecule has 6 nitrogen and oxygen atoms in total. The van der Waals surface area contributed by atoms with Crippen LogP contribution in [0, 0.1) is 0 Å². The van der Waals surface area contributed by atoms with Crippen LogP contribution >= 0.6 is 35.6 Å². The molecule has 1 fully saturated rings. The van der Waals surface area contributed by atoms with Gasteiger partial charge in [0.25, 0.3) is 0 Å². The molecule has 1 amide bonds. The van der Waals surface area contributed by atoms with Crippen LogP contribution in [-0.4, -0.2) is 45.2 Å². The predicted octanol–water partition coefficient (Wildman–Crippen LogP) is 3.06. The number of fused-ring (bicyclic) bond motifs is 1. The highest BCUT2D eigenvalue weighted by atomic mass is 35.5. The van der Waals surface area contributed by atoms with Crippen molar-refractivity contribution in [2.75, 3.05) is 19.6 Å². The van der Waals surface area contributed by atoms with Crippen LogP contribution in [0.1, 0.15) is 36.0 Å². The maximum Gasteiger partial charge on any atom is 0.226 e. The lowest BCUT2D eigenvalue weighted by molar-refractivity contribution is -0.131. The van der Waals surface area contributed by atoms with E-state index in [2.05, 4.69) is 20.1 Å². The van der Waals surface area contributed by atoms with E-state index in [9.17, 15) is 4.79 Å². The summed E-state index contributed by atoms with van der Waals surface area (Å²) in [6.45, 7) is 4.18. The molecule has 9 heteroatoms. The summed E-state index contributed by atoms with van der Waals surface area (Å²) in [4.78, 5) is 14.5. The molecule has 3 heterocycles. The van der Waals surface area contributed by atoms with Crippen molar-refractivity contribution < 1.29 is 4.79 Å². The van der Waals surface area contributed by atoms with Crippen molar-refractivity contribution in [2.45, 2.75) is 38.3 Å². The second-order valence-electron chi connectivity index (χ2n) is 6.88. The number of carbonyl (C=O) groups excluding carboxylic acids is 1. The maximum atomic E-state index is 12.6. The number of piperidine rings is 1. The van der Waals surface area contributed by atoms with Gasteiger partial charge in [-0.05, 0) is 30.5 Å². The van der Waals surface area contributed by atoms with E-state index in [0.717, 1.165) is 62.8 Å². The lowest BCUT2D eigenvalue weighted by Gasteiger charge is -2.32. The minimum absolute atomic E-state index is 0. The van der Waals surface area contributed by atoms with Crippen LogP contribution < -0.4 is 5.32 Å². The fourth-order valence-corrected chi connectivity index (χ4v) is 4.06. The molecule has 0 bridgehead atoms. The Bertz CT molecular complexity index is 817. The topological polar surface area (TPSA) is 63.1 Å². The van der Waals surface area contributed by atoms with E-state index >= 15 is 0 Å². The molecule has 27 heavy (non-hydrogen) atoms. The van der Waals surface area contributed by atoms with Gasteiger partial charge in [-0.3, -0.25) is 4.79 Å². The number of carbonyl (C=O) groups is 1. The smallest absolute Gasteiger partial charge is 0.226 e. The Labute approximate surface area is 174 Å². The van der Waals surface area contributed by atoms with E-state index in [0.29, 0.717) is 22.4 Å². The standard InChI is InChI=1S/C18H21Cl2N5O.ClH/c19-14-2-1-12(9-15(14)20)10-17(26)24-6-3-13(4-7-24)18-23-22-16-11-21-5-8-25(16)18;/h1-2,9,13,21H,3-8,10-11H2;1H. The fourth-order valence-electron chi connectivity index (χ4n) is 3.74. The number of hydrogen-bond acceptors (Lipinski definition) is 4. The van der Waals surface area contributed by atoms with E-state index in [4.69, 9.17) is 23.2 Å². The normalized spacial score (nSPS) is 17.3. The van der Waals surface area contributed by atoms with Gasteiger partial charge in [0, 0.05) is 32.1 Å². The third-order valence-corrected chi connectivity index (χ3v) is 5.94. The van der Waals surface area contributed by atoms with E-state index in [1.54, 1.807) is 12.1 Å². The van der Waals surface area contributed by atoms with Gasteiger partial charge in [-0.1, -0.05) is 29.3 Å². The first-order chi connectivity index (χ1) is 12.6. The molecule has 1 N–H and O–H groups in total. The number of likely N-dealkylation sites (tertiary alicyclic amines) is 1. The first kappa shape index (κ1) is 20.4. The zero-order valence-electron chi connectivity index (χ0n) is 14.8. The van der Waals surface area contributed by atoms with Gasteiger partial charge < -0.3 is 14.8 Å². The summed E-state index contributed by atoms with van der Waals surface area (Å²) in [6, 6.07) is 5.36. The van der Waals surface area contributed by atoms with E-state index < -0.39 is 0 Å². The molecule has 2 aliphatic rings. The predicted molar refractivity (Wildman–Crippen MR) is 108 cm³/mol. The second-order valence-corrected chi connectivity index (χ2v) is 7.70.